The smallest absolute Gasteiger partial charge is 0.407 e. The van der Waals surface area contributed by atoms with Crippen LogP contribution in [0.2, 0.25) is 0 Å². The molecule has 43 heavy (non-hydrogen) atoms. The highest BCUT2D eigenvalue weighted by molar-refractivity contribution is 5.93. The number of carbonyl (C=O) groups is 3. The molecule has 0 radical (unpaired) electrons. The lowest BCUT2D eigenvalue weighted by Gasteiger charge is -2.22. The molecule has 232 valence electrons. The average Bonchev–Trinajstić information content (AvgIpc) is 3.37. The highest BCUT2D eigenvalue weighted by Gasteiger charge is 2.24. The Morgan fingerprint density at radius 2 is 1.91 bits per heavy atom. The molecule has 0 aliphatic rings. The minimum Gasteiger partial charge on any atom is -0.465 e. The molecule has 0 saturated heterocycles. The fourth-order valence-electron chi connectivity index (χ4n) is 4.58. The van der Waals surface area contributed by atoms with E-state index in [1.165, 1.54) is 22.6 Å². The van der Waals surface area contributed by atoms with Crippen LogP contribution in [0.4, 0.5) is 14.9 Å². The Kier molecular flexibility index (Phi) is 10.8. The minimum absolute atomic E-state index is 0.000332. The lowest BCUT2D eigenvalue weighted by Crippen LogP contribution is -2.38. The number of aromatic amines is 1. The Hall–Kier alpha value is -4.55. The van der Waals surface area contributed by atoms with Gasteiger partial charge in [0.05, 0.1) is 29.9 Å². The van der Waals surface area contributed by atoms with E-state index in [4.69, 9.17) is 0 Å². The third-order valence-corrected chi connectivity index (χ3v) is 7.16. The van der Waals surface area contributed by atoms with Crippen LogP contribution in [-0.4, -0.2) is 80.0 Å². The van der Waals surface area contributed by atoms with Crippen molar-refractivity contribution in [2.24, 2.45) is 11.8 Å². The van der Waals surface area contributed by atoms with Gasteiger partial charge in [0.2, 0.25) is 11.8 Å². The van der Waals surface area contributed by atoms with Crippen molar-refractivity contribution in [3.8, 4) is 0 Å². The van der Waals surface area contributed by atoms with E-state index in [1.54, 1.807) is 40.1 Å². The van der Waals surface area contributed by atoms with Gasteiger partial charge in [-0.3, -0.25) is 19.4 Å². The number of hydrogen-bond acceptors (Lipinski definition) is 6. The summed E-state index contributed by atoms with van der Waals surface area (Å²) in [7, 11) is 4.60. The third kappa shape index (κ3) is 8.27. The number of imidazole rings is 1. The van der Waals surface area contributed by atoms with Gasteiger partial charge in [-0.2, -0.15) is 0 Å². The number of aromatic nitrogens is 4. The molecule has 0 bridgehead atoms. The van der Waals surface area contributed by atoms with E-state index in [0.29, 0.717) is 35.6 Å². The summed E-state index contributed by atoms with van der Waals surface area (Å²) in [6.07, 6.45) is 4.19. The van der Waals surface area contributed by atoms with Crippen molar-refractivity contribution in [3.63, 3.8) is 0 Å². The molecule has 3 N–H and O–H groups in total. The van der Waals surface area contributed by atoms with Gasteiger partial charge in [-0.25, -0.2) is 14.2 Å². The second-order valence-corrected chi connectivity index (χ2v) is 11.3. The largest absolute Gasteiger partial charge is 0.465 e. The number of halogens is 1. The molecule has 0 unspecified atom stereocenters. The quantitative estimate of drug-likeness (QED) is 0.269. The minimum atomic E-state index is -1.20. The summed E-state index contributed by atoms with van der Waals surface area (Å²) in [4.78, 5) is 64.4. The summed E-state index contributed by atoms with van der Waals surface area (Å²) in [6, 6.07) is 1.57. The second kappa shape index (κ2) is 14.1. The van der Waals surface area contributed by atoms with Gasteiger partial charge in [0.15, 0.2) is 5.82 Å². The van der Waals surface area contributed by atoms with Crippen molar-refractivity contribution in [1.82, 2.24) is 29.3 Å². The zero-order valence-electron chi connectivity index (χ0n) is 25.7. The van der Waals surface area contributed by atoms with E-state index in [0.717, 1.165) is 16.7 Å². The number of nitrogens with one attached hydrogen (secondary N) is 2. The van der Waals surface area contributed by atoms with Gasteiger partial charge >= 0.3 is 6.09 Å². The van der Waals surface area contributed by atoms with Crippen LogP contribution in [0.15, 0.2) is 29.2 Å². The molecule has 0 aliphatic carbocycles. The summed E-state index contributed by atoms with van der Waals surface area (Å²) in [5.41, 5.74) is 2.23. The second-order valence-electron chi connectivity index (χ2n) is 11.3. The van der Waals surface area contributed by atoms with Crippen molar-refractivity contribution in [2.75, 3.05) is 33.0 Å². The number of fused-ring (bicyclic) bond motifs is 1. The zero-order valence-corrected chi connectivity index (χ0v) is 25.7. The van der Waals surface area contributed by atoms with E-state index >= 15 is 0 Å². The molecule has 1 atom stereocenters. The van der Waals surface area contributed by atoms with Crippen LogP contribution < -0.4 is 10.9 Å². The van der Waals surface area contributed by atoms with Gasteiger partial charge in [-0.15, -0.1) is 0 Å². The van der Waals surface area contributed by atoms with Crippen LogP contribution >= 0.6 is 0 Å². The van der Waals surface area contributed by atoms with E-state index in [2.05, 4.69) is 20.3 Å². The molecule has 0 spiro atoms. The number of nitrogens with zero attached hydrogens (tertiary/aromatic N) is 5. The molecular formula is C30H40FN7O5. The Morgan fingerprint density at radius 3 is 2.53 bits per heavy atom. The Balaban J connectivity index is 1.90. The molecule has 13 heteroatoms. The molecule has 3 amide bonds. The van der Waals surface area contributed by atoms with Gasteiger partial charge in [-0.1, -0.05) is 19.9 Å². The number of likely N-dealkylation sites (N-methyl/N-ethyl adjacent to an activating group) is 1. The number of anilines is 1. The fraction of sp³-hybridized carbons (Fsp3) is 0.467. The Bertz CT molecular complexity index is 1590. The average molecular weight is 598 g/mol. The van der Waals surface area contributed by atoms with Gasteiger partial charge < -0.3 is 29.8 Å². The van der Waals surface area contributed by atoms with Crippen LogP contribution in [0, 0.1) is 31.5 Å². The van der Waals surface area contributed by atoms with Crippen molar-refractivity contribution in [2.45, 2.75) is 53.5 Å². The lowest BCUT2D eigenvalue weighted by atomic mass is 10.0. The van der Waals surface area contributed by atoms with Crippen LogP contribution in [0.5, 0.6) is 0 Å². The predicted octanol–water partition coefficient (Wildman–Crippen LogP) is 3.71. The number of allylic oxidation sites excluding steroid dienone is 1. The molecule has 3 heterocycles. The molecule has 12 nitrogen and oxygen atoms in total. The first-order valence-corrected chi connectivity index (χ1v) is 14.0. The monoisotopic (exact) mass is 597 g/mol. The SMILES string of the molecule is Cc1cc(NC(=O)[C@@H](CC/C=C/C(=O)N(C)C)CN(C)C(=O)O)c(=O)n(Cc2nc3c(F)cnc(CC(C)C)c3[nH]2)c1C. The third-order valence-electron chi connectivity index (χ3n) is 7.16. The number of carboxylic acid groups (broad SMARTS) is 1. The maximum atomic E-state index is 14.6. The van der Waals surface area contributed by atoms with Gasteiger partial charge in [0.1, 0.15) is 17.0 Å². The predicted molar refractivity (Wildman–Crippen MR) is 162 cm³/mol. The number of H-pyrrole nitrogens is 1. The van der Waals surface area contributed by atoms with Crippen molar-refractivity contribution < 1.29 is 23.9 Å². The molecule has 3 aromatic rings. The zero-order chi connectivity index (χ0) is 32.0. The van der Waals surface area contributed by atoms with Crippen LogP contribution in [0.25, 0.3) is 11.0 Å². The highest BCUT2D eigenvalue weighted by atomic mass is 19.1. The van der Waals surface area contributed by atoms with E-state index in [1.807, 2.05) is 13.8 Å². The molecular weight excluding hydrogens is 557 g/mol. The summed E-state index contributed by atoms with van der Waals surface area (Å²) in [6.45, 7) is 7.53. The van der Waals surface area contributed by atoms with E-state index < -0.39 is 29.3 Å². The highest BCUT2D eigenvalue weighted by Crippen LogP contribution is 2.21. The molecule has 0 fully saturated rings. The summed E-state index contributed by atoms with van der Waals surface area (Å²) >= 11 is 0. The maximum absolute atomic E-state index is 14.6. The van der Waals surface area contributed by atoms with Gasteiger partial charge in [-0.05, 0) is 56.7 Å². The van der Waals surface area contributed by atoms with Crippen molar-refractivity contribution in [1.29, 1.82) is 0 Å². The van der Waals surface area contributed by atoms with Crippen molar-refractivity contribution in [3.05, 3.63) is 63.4 Å². The number of pyridine rings is 2. The van der Waals surface area contributed by atoms with Crippen LogP contribution in [0.3, 0.4) is 0 Å². The number of hydrogen-bond donors (Lipinski definition) is 3. The van der Waals surface area contributed by atoms with E-state index in [-0.39, 0.29) is 42.5 Å². The van der Waals surface area contributed by atoms with Gasteiger partial charge in [0, 0.05) is 33.4 Å². The first-order valence-electron chi connectivity index (χ1n) is 14.0. The summed E-state index contributed by atoms with van der Waals surface area (Å²) in [5.74, 6) is -1.44. The normalized spacial score (nSPS) is 12.2. The molecule has 0 saturated carbocycles. The number of rotatable bonds is 12. The Labute approximate surface area is 249 Å². The first kappa shape index (κ1) is 33.0. The number of aryl methyl sites for hydroxylation is 1. The van der Waals surface area contributed by atoms with E-state index in [9.17, 15) is 28.7 Å². The first-order chi connectivity index (χ1) is 20.2. The summed E-state index contributed by atoms with van der Waals surface area (Å²) in [5, 5.41) is 12.1. The van der Waals surface area contributed by atoms with Gasteiger partial charge in [0.25, 0.3) is 5.56 Å². The molecule has 3 rings (SSSR count). The standard InChI is InChI=1S/C30H40FN7O5/c1-17(2)12-22-27-26(21(31)14-32-22)34-24(35-27)16-38-19(4)18(3)13-23(29(38)41)33-28(40)20(15-37(7)30(42)43)10-8-9-11-25(39)36(5)6/h9,11,13-14,17,20H,8,10,12,15-16H2,1-7H3,(H,33,40)(H,34,35)(H,42,43)/b11-9+/t20-/m0/s1. The fourth-order valence-corrected chi connectivity index (χ4v) is 4.58. The number of carbonyl (C=O) groups excluding carboxylic acids is 2. The lowest BCUT2D eigenvalue weighted by molar-refractivity contribution is -0.123. The molecule has 3 aromatic heterocycles. The topological polar surface area (TPSA) is 154 Å². The van der Waals surface area contributed by atoms with Crippen LogP contribution in [0.1, 0.15) is 49.5 Å². The molecule has 0 aromatic carbocycles. The van der Waals surface area contributed by atoms with Crippen LogP contribution in [-0.2, 0) is 22.6 Å². The summed E-state index contributed by atoms with van der Waals surface area (Å²) < 4.78 is 16.0. The molecule has 0 aliphatic heterocycles. The Morgan fingerprint density at radius 1 is 1.21 bits per heavy atom. The van der Waals surface area contributed by atoms with Crippen molar-refractivity contribution >= 4 is 34.6 Å². The number of amides is 3. The maximum Gasteiger partial charge on any atom is 0.407 e.